The molecule has 2 aromatic rings. The molecule has 0 unspecified atom stereocenters. The molecule has 0 radical (unpaired) electrons. The zero-order chi connectivity index (χ0) is 30.3. The number of benzene rings is 2. The third kappa shape index (κ3) is 7.68. The van der Waals surface area contributed by atoms with Gasteiger partial charge in [0.15, 0.2) is 23.2 Å². The van der Waals surface area contributed by atoms with Gasteiger partial charge in [-0.1, -0.05) is 24.3 Å². The minimum absolute atomic E-state index is 0.0520. The topological polar surface area (TPSA) is 95.9 Å². The van der Waals surface area contributed by atoms with Crippen molar-refractivity contribution in [2.24, 2.45) is 10.9 Å². The van der Waals surface area contributed by atoms with Crippen LogP contribution in [0.2, 0.25) is 5.02 Å². The van der Waals surface area contributed by atoms with Gasteiger partial charge in [0.2, 0.25) is 5.91 Å². The number of halogens is 2. The zero-order valence-corrected chi connectivity index (χ0v) is 25.1. The molecule has 3 heterocycles. The van der Waals surface area contributed by atoms with E-state index in [1.807, 2.05) is 12.1 Å². The number of fused-ring (bicyclic) bond motifs is 1. The fraction of sp³-hybridized carbons (Fsp3) is 0.438. The summed E-state index contributed by atoms with van der Waals surface area (Å²) < 4.78 is 31.6. The second-order valence-corrected chi connectivity index (χ2v) is 11.4. The van der Waals surface area contributed by atoms with Gasteiger partial charge >= 0.3 is 0 Å². The highest BCUT2D eigenvalue weighted by Gasteiger charge is 2.34. The predicted octanol–water partition coefficient (Wildman–Crippen LogP) is 4.89. The Morgan fingerprint density at radius 3 is 2.84 bits per heavy atom. The molecule has 0 spiro atoms. The second kappa shape index (κ2) is 14.2. The molecule has 2 saturated heterocycles. The molecular formula is C32H38ClFN4O5. The lowest BCUT2D eigenvalue weighted by Gasteiger charge is -2.30. The first-order valence-corrected chi connectivity index (χ1v) is 15.0. The number of rotatable bonds is 10. The highest BCUT2D eigenvalue weighted by molar-refractivity contribution is 6.32. The van der Waals surface area contributed by atoms with Crippen LogP contribution in [-0.4, -0.2) is 73.8 Å². The van der Waals surface area contributed by atoms with Gasteiger partial charge in [-0.15, -0.1) is 0 Å². The SMILES string of the molecule is C=C/C=C\N=C(/C)Oc1cc(N2CC[C@@H](C(=O)N[C@H](CN3CCCC3)[C@H](O)c3cc(F)c4c(c3)OCCO4)C2)ccc1Cl. The highest BCUT2D eigenvalue weighted by Crippen LogP contribution is 2.37. The molecule has 2 fully saturated rings. The van der Waals surface area contributed by atoms with E-state index in [0.717, 1.165) is 31.6 Å². The fourth-order valence-electron chi connectivity index (χ4n) is 5.67. The first-order chi connectivity index (χ1) is 20.8. The van der Waals surface area contributed by atoms with Crippen LogP contribution in [0, 0.1) is 11.7 Å². The Morgan fingerprint density at radius 1 is 1.26 bits per heavy atom. The number of hydrogen-bond donors (Lipinski definition) is 2. The molecule has 0 bridgehead atoms. The maximum Gasteiger partial charge on any atom is 0.225 e. The maximum atomic E-state index is 14.8. The van der Waals surface area contributed by atoms with Gasteiger partial charge in [0.1, 0.15) is 25.1 Å². The van der Waals surface area contributed by atoms with Gasteiger partial charge in [0.05, 0.1) is 17.0 Å². The average Bonchev–Trinajstić information content (AvgIpc) is 3.71. The first kappa shape index (κ1) is 30.8. The van der Waals surface area contributed by atoms with Crippen LogP contribution in [0.4, 0.5) is 10.1 Å². The molecule has 0 saturated carbocycles. The minimum Gasteiger partial charge on any atom is -0.486 e. The summed E-state index contributed by atoms with van der Waals surface area (Å²) in [5, 5.41) is 15.0. The van der Waals surface area contributed by atoms with E-state index in [-0.39, 0.29) is 29.9 Å². The smallest absolute Gasteiger partial charge is 0.225 e. The standard InChI is InChI=1S/C32H38ClFN4O5/c1-3-4-10-35-21(2)43-28-18-24(7-8-25(28)33)38-13-9-22(19-38)32(40)36-27(20-37-11-5-6-12-37)30(39)23-16-26(34)31-29(17-23)41-14-15-42-31/h3-4,7-8,10,16-18,22,27,30,39H,1,5-6,9,11-15,19-20H2,2H3,(H,36,40)/b10-4-,35-21+/t22-,27-,30-/m1/s1. The lowest BCUT2D eigenvalue weighted by molar-refractivity contribution is -0.126. The Kier molecular flexibility index (Phi) is 10.2. The van der Waals surface area contributed by atoms with E-state index in [1.165, 1.54) is 6.07 Å². The number of nitrogens with zero attached hydrogens (tertiary/aromatic N) is 3. The largest absolute Gasteiger partial charge is 0.486 e. The Balaban J connectivity index is 1.27. The van der Waals surface area contributed by atoms with E-state index in [1.54, 1.807) is 37.4 Å². The van der Waals surface area contributed by atoms with E-state index in [0.29, 0.717) is 54.9 Å². The number of carbonyl (C=O) groups excluding carboxylic acids is 1. The monoisotopic (exact) mass is 612 g/mol. The van der Waals surface area contributed by atoms with Crippen molar-refractivity contribution in [3.8, 4) is 17.2 Å². The second-order valence-electron chi connectivity index (χ2n) is 11.0. The van der Waals surface area contributed by atoms with Crippen LogP contribution in [0.3, 0.4) is 0 Å². The Hall–Kier alpha value is -3.60. The van der Waals surface area contributed by atoms with Crippen LogP contribution in [0.1, 0.15) is 37.9 Å². The van der Waals surface area contributed by atoms with Crippen molar-refractivity contribution in [3.05, 3.63) is 71.7 Å². The number of allylic oxidation sites excluding steroid dienone is 2. The lowest BCUT2D eigenvalue weighted by atomic mass is 9.99. The van der Waals surface area contributed by atoms with Crippen LogP contribution in [0.5, 0.6) is 17.2 Å². The van der Waals surface area contributed by atoms with Crippen molar-refractivity contribution in [1.29, 1.82) is 0 Å². The van der Waals surface area contributed by atoms with Gasteiger partial charge in [0.25, 0.3) is 0 Å². The van der Waals surface area contributed by atoms with Gasteiger partial charge in [-0.25, -0.2) is 9.38 Å². The molecule has 2 aromatic carbocycles. The molecule has 0 aliphatic carbocycles. The van der Waals surface area contributed by atoms with Crippen LogP contribution >= 0.6 is 11.6 Å². The van der Waals surface area contributed by atoms with Crippen LogP contribution in [-0.2, 0) is 4.79 Å². The van der Waals surface area contributed by atoms with Gasteiger partial charge in [-0.2, -0.15) is 0 Å². The fourth-order valence-corrected chi connectivity index (χ4v) is 5.83. The molecule has 2 N–H and O–H groups in total. The van der Waals surface area contributed by atoms with Gasteiger partial charge < -0.3 is 34.4 Å². The molecule has 0 aromatic heterocycles. The van der Waals surface area contributed by atoms with E-state index in [4.69, 9.17) is 25.8 Å². The van der Waals surface area contributed by atoms with Gasteiger partial charge in [0, 0.05) is 44.5 Å². The summed E-state index contributed by atoms with van der Waals surface area (Å²) in [6.45, 7) is 9.33. The first-order valence-electron chi connectivity index (χ1n) is 14.7. The molecule has 3 atom stereocenters. The number of aliphatic hydroxyl groups excluding tert-OH is 1. The molecule has 5 rings (SSSR count). The Labute approximate surface area is 256 Å². The number of nitrogens with one attached hydrogen (secondary N) is 1. The summed E-state index contributed by atoms with van der Waals surface area (Å²) >= 11 is 6.38. The maximum absolute atomic E-state index is 14.8. The van der Waals surface area contributed by atoms with Crippen molar-refractivity contribution < 1.29 is 28.5 Å². The number of aliphatic imine (C=N–C) groups is 1. The predicted molar refractivity (Wildman–Crippen MR) is 165 cm³/mol. The van der Waals surface area contributed by atoms with Crippen molar-refractivity contribution in [1.82, 2.24) is 10.2 Å². The summed E-state index contributed by atoms with van der Waals surface area (Å²) in [5.74, 6) is 0.181. The summed E-state index contributed by atoms with van der Waals surface area (Å²) in [5.41, 5.74) is 1.22. The van der Waals surface area contributed by atoms with Crippen LogP contribution in [0.15, 0.2) is 60.3 Å². The normalized spacial score (nSPS) is 20.3. The van der Waals surface area contributed by atoms with Crippen molar-refractivity contribution >= 4 is 29.1 Å². The van der Waals surface area contributed by atoms with E-state index in [2.05, 4.69) is 26.7 Å². The van der Waals surface area contributed by atoms with Crippen LogP contribution in [0.25, 0.3) is 0 Å². The molecule has 3 aliphatic rings. The molecule has 43 heavy (non-hydrogen) atoms. The highest BCUT2D eigenvalue weighted by atomic mass is 35.5. The molecule has 230 valence electrons. The van der Waals surface area contributed by atoms with Crippen molar-refractivity contribution in [2.75, 3.05) is 50.8 Å². The average molecular weight is 613 g/mol. The number of likely N-dealkylation sites (tertiary alicyclic amines) is 1. The van der Waals surface area contributed by atoms with Crippen molar-refractivity contribution in [2.45, 2.75) is 38.3 Å². The molecule has 1 amide bonds. The summed E-state index contributed by atoms with van der Waals surface area (Å²) in [7, 11) is 0. The number of anilines is 1. The third-order valence-corrected chi connectivity index (χ3v) is 8.21. The number of hydrogen-bond acceptors (Lipinski definition) is 8. The number of ether oxygens (including phenoxy) is 3. The third-order valence-electron chi connectivity index (χ3n) is 7.90. The van der Waals surface area contributed by atoms with E-state index >= 15 is 0 Å². The molecular weight excluding hydrogens is 575 g/mol. The lowest BCUT2D eigenvalue weighted by Crippen LogP contribution is -2.48. The number of aliphatic hydroxyl groups is 1. The number of amides is 1. The van der Waals surface area contributed by atoms with Gasteiger partial charge in [-0.3, -0.25) is 4.79 Å². The molecule has 9 nitrogen and oxygen atoms in total. The summed E-state index contributed by atoms with van der Waals surface area (Å²) in [6, 6.07) is 7.74. The van der Waals surface area contributed by atoms with E-state index in [9.17, 15) is 14.3 Å². The van der Waals surface area contributed by atoms with Crippen LogP contribution < -0.4 is 24.4 Å². The quantitative estimate of drug-likeness (QED) is 0.224. The van der Waals surface area contributed by atoms with E-state index < -0.39 is 18.0 Å². The molecule has 3 aliphatic heterocycles. The zero-order valence-electron chi connectivity index (χ0n) is 24.3. The summed E-state index contributed by atoms with van der Waals surface area (Å²) in [4.78, 5) is 22.1. The summed E-state index contributed by atoms with van der Waals surface area (Å²) in [6.07, 6.45) is 6.55. The van der Waals surface area contributed by atoms with Gasteiger partial charge in [-0.05, 0) is 68.3 Å². The minimum atomic E-state index is -1.13. The molecule has 11 heteroatoms. The Bertz CT molecular complexity index is 1380. The number of carbonyl (C=O) groups is 1. The van der Waals surface area contributed by atoms with Crippen molar-refractivity contribution in [3.63, 3.8) is 0 Å². The Morgan fingerprint density at radius 2 is 2.05 bits per heavy atom.